The maximum Gasteiger partial charge on any atom is 0.417 e. The number of halogens is 4. The third kappa shape index (κ3) is 3.98. The summed E-state index contributed by atoms with van der Waals surface area (Å²) in [6, 6.07) is 10.6. The molecule has 2 aromatic rings. The largest absolute Gasteiger partial charge is 0.417 e. The van der Waals surface area contributed by atoms with E-state index < -0.39 is 11.7 Å². The molecule has 0 unspecified atom stereocenters. The van der Waals surface area contributed by atoms with Gasteiger partial charge in [0.05, 0.1) is 10.6 Å². The van der Waals surface area contributed by atoms with Crippen LogP contribution in [-0.4, -0.2) is 4.98 Å². The molecule has 0 aliphatic rings. The van der Waals surface area contributed by atoms with E-state index in [0.717, 1.165) is 11.6 Å². The maximum absolute atomic E-state index is 12.7. The summed E-state index contributed by atoms with van der Waals surface area (Å²) in [5.41, 5.74) is 0.351. The van der Waals surface area contributed by atoms with Crippen LogP contribution in [0.15, 0.2) is 52.1 Å². The first-order valence-corrected chi connectivity index (χ1v) is 7.14. The molecule has 6 heteroatoms. The molecule has 1 aromatic heterocycles. The topological polar surface area (TPSA) is 12.9 Å². The van der Waals surface area contributed by atoms with Crippen molar-refractivity contribution in [2.75, 3.05) is 0 Å². The van der Waals surface area contributed by atoms with Crippen molar-refractivity contribution in [2.24, 2.45) is 0 Å². The molecule has 2 rings (SSSR count). The SMILES string of the molecule is FC(F)(F)c1cc(SCc2ccccc2)ncc1Br. The van der Waals surface area contributed by atoms with Crippen LogP contribution in [0.5, 0.6) is 0 Å². The first-order chi connectivity index (χ1) is 8.97. The van der Waals surface area contributed by atoms with Crippen LogP contribution in [0, 0.1) is 0 Å². The van der Waals surface area contributed by atoms with Crippen LogP contribution in [0.4, 0.5) is 13.2 Å². The van der Waals surface area contributed by atoms with Gasteiger partial charge in [-0.2, -0.15) is 13.2 Å². The van der Waals surface area contributed by atoms with Crippen LogP contribution < -0.4 is 0 Å². The molecule has 0 N–H and O–H groups in total. The number of thioether (sulfide) groups is 1. The summed E-state index contributed by atoms with van der Waals surface area (Å²) in [6.45, 7) is 0. The van der Waals surface area contributed by atoms with Gasteiger partial charge in [0.25, 0.3) is 0 Å². The van der Waals surface area contributed by atoms with Crippen molar-refractivity contribution in [2.45, 2.75) is 17.0 Å². The highest BCUT2D eigenvalue weighted by Crippen LogP contribution is 2.36. The van der Waals surface area contributed by atoms with Crippen molar-refractivity contribution >= 4 is 27.7 Å². The van der Waals surface area contributed by atoms with Crippen molar-refractivity contribution in [3.05, 3.63) is 58.2 Å². The van der Waals surface area contributed by atoms with Gasteiger partial charge in [0, 0.05) is 16.4 Å². The Labute approximate surface area is 121 Å². The van der Waals surface area contributed by atoms with Crippen LogP contribution in [0.2, 0.25) is 0 Å². The Bertz CT molecular complexity index is 558. The zero-order chi connectivity index (χ0) is 13.9. The Morgan fingerprint density at radius 1 is 1.16 bits per heavy atom. The molecule has 0 amide bonds. The van der Waals surface area contributed by atoms with Gasteiger partial charge in [0.15, 0.2) is 0 Å². The summed E-state index contributed by atoms with van der Waals surface area (Å²) in [5, 5.41) is 0.361. The monoisotopic (exact) mass is 347 g/mol. The lowest BCUT2D eigenvalue weighted by Gasteiger charge is -2.10. The number of alkyl halides is 3. The molecule has 0 atom stereocenters. The molecule has 1 aromatic carbocycles. The van der Waals surface area contributed by atoms with Crippen LogP contribution in [0.3, 0.4) is 0 Å². The van der Waals surface area contributed by atoms with Crippen LogP contribution in [0.1, 0.15) is 11.1 Å². The standard InChI is InChI=1S/C13H9BrF3NS/c14-11-7-18-12(6-10(11)13(15,16)17)19-8-9-4-2-1-3-5-9/h1-7H,8H2. The van der Waals surface area contributed by atoms with Gasteiger partial charge in [-0.05, 0) is 27.6 Å². The van der Waals surface area contributed by atoms with E-state index in [0.29, 0.717) is 10.8 Å². The molecule has 0 fully saturated rings. The van der Waals surface area contributed by atoms with Gasteiger partial charge >= 0.3 is 6.18 Å². The zero-order valence-electron chi connectivity index (χ0n) is 9.62. The summed E-state index contributed by atoms with van der Waals surface area (Å²) in [7, 11) is 0. The predicted octanol–water partition coefficient (Wildman–Crippen LogP) is 5.16. The predicted molar refractivity (Wildman–Crippen MR) is 72.9 cm³/mol. The highest BCUT2D eigenvalue weighted by Gasteiger charge is 2.33. The fourth-order valence-electron chi connectivity index (χ4n) is 1.45. The summed E-state index contributed by atoms with van der Waals surface area (Å²) in [4.78, 5) is 3.98. The molecule has 0 radical (unpaired) electrons. The molecule has 1 nitrogen and oxygen atoms in total. The van der Waals surface area contributed by atoms with Gasteiger partial charge in [-0.15, -0.1) is 11.8 Å². The Balaban J connectivity index is 2.14. The Hall–Kier alpha value is -1.01. The van der Waals surface area contributed by atoms with Gasteiger partial charge < -0.3 is 0 Å². The molecule has 0 saturated carbocycles. The summed E-state index contributed by atoms with van der Waals surface area (Å²) >= 11 is 4.15. The average Bonchev–Trinajstić information content (AvgIpc) is 2.37. The van der Waals surface area contributed by atoms with E-state index in [1.165, 1.54) is 18.0 Å². The van der Waals surface area contributed by atoms with Crippen LogP contribution in [0.25, 0.3) is 0 Å². The van der Waals surface area contributed by atoms with Gasteiger partial charge in [-0.1, -0.05) is 30.3 Å². The van der Waals surface area contributed by atoms with Gasteiger partial charge in [-0.25, -0.2) is 4.98 Å². The van der Waals surface area contributed by atoms with E-state index in [4.69, 9.17) is 0 Å². The number of rotatable bonds is 3. The summed E-state index contributed by atoms with van der Waals surface area (Å²) in [6.07, 6.45) is -3.18. The Morgan fingerprint density at radius 3 is 2.47 bits per heavy atom. The lowest BCUT2D eigenvalue weighted by atomic mass is 10.2. The van der Waals surface area contributed by atoms with Crippen molar-refractivity contribution < 1.29 is 13.2 Å². The molecule has 19 heavy (non-hydrogen) atoms. The minimum Gasteiger partial charge on any atom is -0.249 e. The minimum atomic E-state index is -4.37. The van der Waals surface area contributed by atoms with Gasteiger partial charge in [0.2, 0.25) is 0 Å². The quantitative estimate of drug-likeness (QED) is 0.711. The second kappa shape index (κ2) is 5.96. The van der Waals surface area contributed by atoms with Crippen molar-refractivity contribution in [3.63, 3.8) is 0 Å². The van der Waals surface area contributed by atoms with Crippen molar-refractivity contribution in [1.82, 2.24) is 4.98 Å². The molecular formula is C13H9BrF3NS. The molecule has 0 saturated heterocycles. The normalized spacial score (nSPS) is 11.6. The number of hydrogen-bond acceptors (Lipinski definition) is 2. The third-order valence-electron chi connectivity index (χ3n) is 2.37. The molecule has 0 aliphatic carbocycles. The molecule has 0 bridgehead atoms. The fourth-order valence-corrected chi connectivity index (χ4v) is 2.72. The first kappa shape index (κ1) is 14.4. The second-order valence-electron chi connectivity index (χ2n) is 3.77. The number of benzene rings is 1. The number of pyridine rings is 1. The molecular weight excluding hydrogens is 339 g/mol. The first-order valence-electron chi connectivity index (χ1n) is 5.36. The van der Waals surface area contributed by atoms with E-state index in [1.54, 1.807) is 0 Å². The number of hydrogen-bond donors (Lipinski definition) is 0. The van der Waals surface area contributed by atoms with E-state index in [-0.39, 0.29) is 4.47 Å². The molecule has 1 heterocycles. The van der Waals surface area contributed by atoms with E-state index in [1.807, 2.05) is 30.3 Å². The van der Waals surface area contributed by atoms with Crippen LogP contribution >= 0.6 is 27.7 Å². The van der Waals surface area contributed by atoms with E-state index in [9.17, 15) is 13.2 Å². The molecule has 0 aliphatic heterocycles. The Kier molecular flexibility index (Phi) is 4.52. The maximum atomic E-state index is 12.7. The lowest BCUT2D eigenvalue weighted by Crippen LogP contribution is -2.06. The highest BCUT2D eigenvalue weighted by molar-refractivity contribution is 9.10. The number of nitrogens with zero attached hydrogens (tertiary/aromatic N) is 1. The average molecular weight is 348 g/mol. The Morgan fingerprint density at radius 2 is 1.84 bits per heavy atom. The van der Waals surface area contributed by atoms with E-state index in [2.05, 4.69) is 20.9 Å². The second-order valence-corrected chi connectivity index (χ2v) is 5.62. The zero-order valence-corrected chi connectivity index (χ0v) is 12.0. The summed E-state index contributed by atoms with van der Waals surface area (Å²) < 4.78 is 38.1. The fraction of sp³-hybridized carbons (Fsp3) is 0.154. The van der Waals surface area contributed by atoms with Crippen molar-refractivity contribution in [1.29, 1.82) is 0 Å². The van der Waals surface area contributed by atoms with Gasteiger partial charge in [-0.3, -0.25) is 0 Å². The minimum absolute atomic E-state index is 0.0379. The van der Waals surface area contributed by atoms with Crippen LogP contribution in [-0.2, 0) is 11.9 Å². The molecule has 100 valence electrons. The smallest absolute Gasteiger partial charge is 0.249 e. The van der Waals surface area contributed by atoms with Gasteiger partial charge in [0.1, 0.15) is 0 Å². The van der Waals surface area contributed by atoms with Crippen molar-refractivity contribution in [3.8, 4) is 0 Å². The summed E-state index contributed by atoms with van der Waals surface area (Å²) in [5.74, 6) is 0.590. The molecule has 0 spiro atoms. The van der Waals surface area contributed by atoms with E-state index >= 15 is 0 Å². The lowest BCUT2D eigenvalue weighted by molar-refractivity contribution is -0.138. The number of aromatic nitrogens is 1. The third-order valence-corrected chi connectivity index (χ3v) is 3.99. The highest BCUT2D eigenvalue weighted by atomic mass is 79.9.